The molecule has 0 aliphatic heterocycles. The SMILES string of the molecule is Nc1c(C(=O)S)cnn1-c1ccccc1F. The van der Waals surface area contributed by atoms with Gasteiger partial charge < -0.3 is 5.73 Å². The second-order valence-electron chi connectivity index (χ2n) is 3.11. The van der Waals surface area contributed by atoms with Gasteiger partial charge in [-0.05, 0) is 12.1 Å². The Morgan fingerprint density at radius 1 is 1.44 bits per heavy atom. The second-order valence-corrected chi connectivity index (χ2v) is 3.52. The number of para-hydroxylation sites is 1. The first kappa shape index (κ1) is 10.7. The van der Waals surface area contributed by atoms with Crippen molar-refractivity contribution in [3.63, 3.8) is 0 Å². The maximum absolute atomic E-state index is 13.4. The van der Waals surface area contributed by atoms with E-state index in [4.69, 9.17) is 5.73 Å². The van der Waals surface area contributed by atoms with Crippen LogP contribution in [0.2, 0.25) is 0 Å². The molecule has 0 radical (unpaired) electrons. The molecule has 1 heterocycles. The standard InChI is InChI=1S/C10H8FN3OS/c11-7-3-1-2-4-8(7)14-9(12)6(5-13-14)10(15)16/h1-5H,12H2,(H,15,16). The van der Waals surface area contributed by atoms with E-state index in [0.717, 1.165) is 0 Å². The van der Waals surface area contributed by atoms with Gasteiger partial charge in [-0.25, -0.2) is 9.07 Å². The molecular weight excluding hydrogens is 229 g/mol. The lowest BCUT2D eigenvalue weighted by Crippen LogP contribution is -2.05. The molecule has 2 rings (SSSR count). The summed E-state index contributed by atoms with van der Waals surface area (Å²) in [5.41, 5.74) is 6.02. The number of hydrogen-bond donors (Lipinski definition) is 2. The van der Waals surface area contributed by atoms with Crippen LogP contribution in [0.1, 0.15) is 10.4 Å². The third kappa shape index (κ3) is 1.67. The fourth-order valence-electron chi connectivity index (χ4n) is 1.34. The summed E-state index contributed by atoms with van der Waals surface area (Å²) in [7, 11) is 0. The van der Waals surface area contributed by atoms with E-state index < -0.39 is 10.9 Å². The van der Waals surface area contributed by atoms with Gasteiger partial charge in [0.15, 0.2) is 0 Å². The molecule has 0 saturated heterocycles. The topological polar surface area (TPSA) is 60.9 Å². The van der Waals surface area contributed by atoms with Gasteiger partial charge in [0.2, 0.25) is 5.12 Å². The lowest BCUT2D eigenvalue weighted by molar-refractivity contribution is 0.109. The minimum Gasteiger partial charge on any atom is -0.383 e. The van der Waals surface area contributed by atoms with Crippen molar-refractivity contribution in [3.8, 4) is 5.69 Å². The molecule has 0 fully saturated rings. The molecule has 0 amide bonds. The average Bonchev–Trinajstić information content (AvgIpc) is 2.61. The number of carbonyl (C=O) groups is 1. The fourth-order valence-corrected chi connectivity index (χ4v) is 1.51. The summed E-state index contributed by atoms with van der Waals surface area (Å²) in [6, 6.07) is 6.02. The molecule has 0 spiro atoms. The Labute approximate surface area is 96.3 Å². The van der Waals surface area contributed by atoms with Gasteiger partial charge in [-0.1, -0.05) is 12.1 Å². The van der Waals surface area contributed by atoms with Gasteiger partial charge >= 0.3 is 0 Å². The predicted molar refractivity (Wildman–Crippen MR) is 61.3 cm³/mol. The Hall–Kier alpha value is -1.82. The molecule has 0 aliphatic rings. The summed E-state index contributed by atoms with van der Waals surface area (Å²) >= 11 is 3.64. The van der Waals surface area contributed by atoms with E-state index in [9.17, 15) is 9.18 Å². The highest BCUT2D eigenvalue weighted by molar-refractivity contribution is 7.97. The highest BCUT2D eigenvalue weighted by Gasteiger charge is 2.14. The second kappa shape index (κ2) is 3.97. The molecular formula is C10H8FN3OS. The van der Waals surface area contributed by atoms with Crippen molar-refractivity contribution in [2.24, 2.45) is 0 Å². The Morgan fingerprint density at radius 3 is 2.69 bits per heavy atom. The predicted octanol–water partition coefficient (Wildman–Crippen LogP) is 1.66. The van der Waals surface area contributed by atoms with Crippen molar-refractivity contribution >= 4 is 23.6 Å². The summed E-state index contributed by atoms with van der Waals surface area (Å²) < 4.78 is 14.6. The van der Waals surface area contributed by atoms with Gasteiger partial charge in [-0.2, -0.15) is 5.10 Å². The summed E-state index contributed by atoms with van der Waals surface area (Å²) in [6.45, 7) is 0. The Bertz CT molecular complexity index is 553. The molecule has 0 unspecified atom stereocenters. The van der Waals surface area contributed by atoms with Crippen LogP contribution in [0.3, 0.4) is 0 Å². The van der Waals surface area contributed by atoms with Crippen LogP contribution in [0, 0.1) is 5.82 Å². The number of hydrogen-bond acceptors (Lipinski definition) is 3. The van der Waals surface area contributed by atoms with Crippen molar-refractivity contribution in [1.29, 1.82) is 0 Å². The summed E-state index contributed by atoms with van der Waals surface area (Å²) in [4.78, 5) is 11.0. The number of benzene rings is 1. The van der Waals surface area contributed by atoms with Gasteiger partial charge in [0.1, 0.15) is 17.3 Å². The molecule has 4 nitrogen and oxygen atoms in total. The van der Waals surface area contributed by atoms with Gasteiger partial charge in [0.05, 0.1) is 11.8 Å². The van der Waals surface area contributed by atoms with Crippen molar-refractivity contribution in [2.45, 2.75) is 0 Å². The van der Waals surface area contributed by atoms with Gasteiger partial charge in [-0.3, -0.25) is 4.79 Å². The molecule has 82 valence electrons. The van der Waals surface area contributed by atoms with Crippen molar-refractivity contribution in [1.82, 2.24) is 9.78 Å². The van der Waals surface area contributed by atoms with Crippen molar-refractivity contribution in [2.75, 3.05) is 5.73 Å². The minimum absolute atomic E-state index is 0.0742. The normalized spacial score (nSPS) is 10.4. The number of anilines is 1. The number of rotatable bonds is 2. The van der Waals surface area contributed by atoms with E-state index in [-0.39, 0.29) is 17.1 Å². The van der Waals surface area contributed by atoms with Gasteiger partial charge in [0.25, 0.3) is 0 Å². The van der Waals surface area contributed by atoms with E-state index >= 15 is 0 Å². The smallest absolute Gasteiger partial charge is 0.221 e. The average molecular weight is 237 g/mol. The lowest BCUT2D eigenvalue weighted by Gasteiger charge is -2.04. The molecule has 1 aromatic heterocycles. The van der Waals surface area contributed by atoms with Crippen LogP contribution in [0.5, 0.6) is 0 Å². The number of nitrogens with two attached hydrogens (primary N) is 1. The fraction of sp³-hybridized carbons (Fsp3) is 0. The zero-order valence-electron chi connectivity index (χ0n) is 8.09. The summed E-state index contributed by atoms with van der Waals surface area (Å²) in [5.74, 6) is -0.388. The van der Waals surface area contributed by atoms with Crippen LogP contribution in [0.15, 0.2) is 30.5 Å². The summed E-state index contributed by atoms with van der Waals surface area (Å²) in [5, 5.41) is 3.35. The maximum atomic E-state index is 13.4. The van der Waals surface area contributed by atoms with Crippen LogP contribution >= 0.6 is 12.6 Å². The highest BCUT2D eigenvalue weighted by Crippen LogP contribution is 2.20. The quantitative estimate of drug-likeness (QED) is 0.781. The van der Waals surface area contributed by atoms with Crippen molar-refractivity contribution < 1.29 is 9.18 Å². The van der Waals surface area contributed by atoms with Crippen LogP contribution in [-0.4, -0.2) is 14.9 Å². The first-order valence-electron chi connectivity index (χ1n) is 4.43. The lowest BCUT2D eigenvalue weighted by atomic mass is 10.3. The van der Waals surface area contributed by atoms with E-state index in [0.29, 0.717) is 0 Å². The van der Waals surface area contributed by atoms with E-state index in [1.165, 1.54) is 23.0 Å². The zero-order chi connectivity index (χ0) is 11.7. The van der Waals surface area contributed by atoms with Crippen molar-refractivity contribution in [3.05, 3.63) is 41.8 Å². The zero-order valence-corrected chi connectivity index (χ0v) is 8.99. The largest absolute Gasteiger partial charge is 0.383 e. The molecule has 0 bridgehead atoms. The third-order valence-corrected chi connectivity index (χ3v) is 2.36. The van der Waals surface area contributed by atoms with Crippen LogP contribution < -0.4 is 5.73 Å². The highest BCUT2D eigenvalue weighted by atomic mass is 32.1. The maximum Gasteiger partial charge on any atom is 0.221 e. The Kier molecular flexibility index (Phi) is 2.66. The van der Waals surface area contributed by atoms with E-state index in [1.54, 1.807) is 12.1 Å². The molecule has 2 aromatic rings. The number of thiol groups is 1. The Morgan fingerprint density at radius 2 is 2.12 bits per heavy atom. The monoisotopic (exact) mass is 237 g/mol. The van der Waals surface area contributed by atoms with Crippen LogP contribution in [0.4, 0.5) is 10.2 Å². The molecule has 0 aliphatic carbocycles. The number of aromatic nitrogens is 2. The first-order valence-corrected chi connectivity index (χ1v) is 4.87. The molecule has 1 aromatic carbocycles. The number of nitrogens with zero attached hydrogens (tertiary/aromatic N) is 2. The number of carbonyl (C=O) groups excluding carboxylic acids is 1. The molecule has 16 heavy (non-hydrogen) atoms. The Balaban J connectivity index is 2.58. The minimum atomic E-state index is -0.500. The molecule has 6 heteroatoms. The van der Waals surface area contributed by atoms with Crippen LogP contribution in [-0.2, 0) is 0 Å². The molecule has 0 atom stereocenters. The molecule has 0 saturated carbocycles. The van der Waals surface area contributed by atoms with Gasteiger partial charge in [0, 0.05) is 0 Å². The number of nitrogen functional groups attached to an aromatic ring is 1. The van der Waals surface area contributed by atoms with E-state index in [2.05, 4.69) is 17.7 Å². The number of halogens is 1. The first-order chi connectivity index (χ1) is 7.61. The van der Waals surface area contributed by atoms with Crippen LogP contribution in [0.25, 0.3) is 5.69 Å². The van der Waals surface area contributed by atoms with E-state index in [1.807, 2.05) is 0 Å². The van der Waals surface area contributed by atoms with Gasteiger partial charge in [-0.15, -0.1) is 12.6 Å². The molecule has 2 N–H and O–H groups in total. The summed E-state index contributed by atoms with van der Waals surface area (Å²) in [6.07, 6.45) is 1.26. The third-order valence-electron chi connectivity index (χ3n) is 2.12.